The molecule has 3 rings (SSSR count). The summed E-state index contributed by atoms with van der Waals surface area (Å²) in [4.78, 5) is 46.3. The lowest BCUT2D eigenvalue weighted by atomic mass is 10.2. The summed E-state index contributed by atoms with van der Waals surface area (Å²) in [5.41, 5.74) is -0.206. The van der Waals surface area contributed by atoms with Crippen molar-refractivity contribution >= 4 is 33.1 Å². The summed E-state index contributed by atoms with van der Waals surface area (Å²) >= 11 is 3.31. The maximum atomic E-state index is 13.1. The first-order valence-electron chi connectivity index (χ1n) is 8.18. The average Bonchev–Trinajstić information content (AvgIpc) is 3.04. The van der Waals surface area contributed by atoms with Gasteiger partial charge in [0.25, 0.3) is 5.56 Å². The predicted octanol–water partition coefficient (Wildman–Crippen LogP) is 0.912. The highest BCUT2D eigenvalue weighted by atomic mass is 79.9. The number of rotatable bonds is 4. The van der Waals surface area contributed by atoms with Crippen LogP contribution in [0, 0.1) is 11.8 Å². The van der Waals surface area contributed by atoms with Crippen molar-refractivity contribution in [2.45, 2.75) is 20.0 Å². The van der Waals surface area contributed by atoms with E-state index in [0.29, 0.717) is 4.73 Å². The standard InChI is InChI=1S/C18H16BrN5O4/c1-4-5-9-23-13-14(21-17(23)19)22(2)18(27)24(15(13)25)10-12-11(16(26)28-3)7-6-8-20-12/h6-8H,9-10H2,1-3H3. The van der Waals surface area contributed by atoms with Crippen molar-refractivity contribution in [3.8, 4) is 11.8 Å². The van der Waals surface area contributed by atoms with E-state index in [1.165, 1.54) is 31.0 Å². The molecule has 0 fully saturated rings. The lowest BCUT2D eigenvalue weighted by molar-refractivity contribution is 0.0598. The van der Waals surface area contributed by atoms with Crippen LogP contribution in [0.2, 0.25) is 0 Å². The molecule has 0 spiro atoms. The minimum absolute atomic E-state index is 0.186. The Labute approximate surface area is 167 Å². The van der Waals surface area contributed by atoms with Crippen LogP contribution in [0.15, 0.2) is 32.7 Å². The van der Waals surface area contributed by atoms with Crippen LogP contribution in [-0.4, -0.2) is 36.7 Å². The third-order valence-corrected chi connectivity index (χ3v) is 4.81. The Kier molecular flexibility index (Phi) is 5.46. The number of esters is 1. The topological polar surface area (TPSA) is 101 Å². The zero-order valence-corrected chi connectivity index (χ0v) is 17.0. The summed E-state index contributed by atoms with van der Waals surface area (Å²) in [5, 5.41) is 0. The lowest BCUT2D eigenvalue weighted by Crippen LogP contribution is -2.40. The van der Waals surface area contributed by atoms with Gasteiger partial charge in [0.15, 0.2) is 15.9 Å². The number of hydrogen-bond donors (Lipinski definition) is 0. The van der Waals surface area contributed by atoms with Gasteiger partial charge < -0.3 is 9.30 Å². The zero-order valence-electron chi connectivity index (χ0n) is 15.4. The van der Waals surface area contributed by atoms with Gasteiger partial charge in [-0.3, -0.25) is 18.9 Å². The molecule has 3 aromatic heterocycles. The molecule has 0 aliphatic carbocycles. The highest BCUT2D eigenvalue weighted by Crippen LogP contribution is 2.16. The second-order valence-electron chi connectivity index (χ2n) is 5.79. The van der Waals surface area contributed by atoms with Crippen molar-refractivity contribution in [3.63, 3.8) is 0 Å². The monoisotopic (exact) mass is 445 g/mol. The van der Waals surface area contributed by atoms with E-state index < -0.39 is 17.2 Å². The lowest BCUT2D eigenvalue weighted by Gasteiger charge is -2.11. The average molecular weight is 446 g/mol. The highest BCUT2D eigenvalue weighted by Gasteiger charge is 2.21. The van der Waals surface area contributed by atoms with Crippen LogP contribution in [0.25, 0.3) is 11.2 Å². The van der Waals surface area contributed by atoms with Crippen LogP contribution in [-0.2, 0) is 24.9 Å². The minimum atomic E-state index is -0.597. The number of carbonyl (C=O) groups is 1. The largest absolute Gasteiger partial charge is 0.465 e. The summed E-state index contributed by atoms with van der Waals surface area (Å²) in [5.74, 6) is 5.05. The number of fused-ring (bicyclic) bond motifs is 1. The van der Waals surface area contributed by atoms with Crippen LogP contribution in [0.3, 0.4) is 0 Å². The van der Waals surface area contributed by atoms with E-state index >= 15 is 0 Å². The molecule has 144 valence electrons. The van der Waals surface area contributed by atoms with E-state index in [4.69, 9.17) is 4.74 Å². The van der Waals surface area contributed by atoms with E-state index in [-0.39, 0.29) is 35.5 Å². The molecule has 28 heavy (non-hydrogen) atoms. The Bertz CT molecular complexity index is 1260. The summed E-state index contributed by atoms with van der Waals surface area (Å²) in [6.07, 6.45) is 1.48. The minimum Gasteiger partial charge on any atom is -0.465 e. The summed E-state index contributed by atoms with van der Waals surface area (Å²) in [6, 6.07) is 3.11. The van der Waals surface area contributed by atoms with Gasteiger partial charge in [-0.15, -0.1) is 5.92 Å². The van der Waals surface area contributed by atoms with Gasteiger partial charge in [0.05, 0.1) is 31.5 Å². The Balaban J connectivity index is 2.26. The van der Waals surface area contributed by atoms with E-state index in [9.17, 15) is 14.4 Å². The first-order chi connectivity index (χ1) is 13.4. The molecular formula is C18H16BrN5O4. The Morgan fingerprint density at radius 2 is 2.07 bits per heavy atom. The molecule has 0 N–H and O–H groups in total. The fraction of sp³-hybridized carbons (Fsp3) is 0.278. The number of halogens is 1. The summed E-state index contributed by atoms with van der Waals surface area (Å²) < 4.78 is 9.02. The van der Waals surface area contributed by atoms with Crippen LogP contribution in [0.4, 0.5) is 0 Å². The van der Waals surface area contributed by atoms with E-state index in [1.54, 1.807) is 17.6 Å². The number of nitrogens with zero attached hydrogens (tertiary/aromatic N) is 5. The van der Waals surface area contributed by atoms with Crippen LogP contribution >= 0.6 is 15.9 Å². The van der Waals surface area contributed by atoms with Crippen molar-refractivity contribution in [1.29, 1.82) is 0 Å². The molecule has 0 aliphatic rings. The molecule has 9 nitrogen and oxygen atoms in total. The Morgan fingerprint density at radius 1 is 1.32 bits per heavy atom. The molecule has 0 unspecified atom stereocenters. The van der Waals surface area contributed by atoms with Crippen molar-refractivity contribution < 1.29 is 9.53 Å². The fourth-order valence-electron chi connectivity index (χ4n) is 2.80. The highest BCUT2D eigenvalue weighted by molar-refractivity contribution is 9.10. The predicted molar refractivity (Wildman–Crippen MR) is 105 cm³/mol. The van der Waals surface area contributed by atoms with Gasteiger partial charge in [-0.1, -0.05) is 5.92 Å². The van der Waals surface area contributed by atoms with E-state index in [1.807, 2.05) is 0 Å². The van der Waals surface area contributed by atoms with Gasteiger partial charge in [0.1, 0.15) is 0 Å². The molecule has 0 atom stereocenters. The van der Waals surface area contributed by atoms with Crippen LogP contribution in [0.1, 0.15) is 23.0 Å². The molecule has 3 aromatic rings. The van der Waals surface area contributed by atoms with Gasteiger partial charge in [-0.2, -0.15) is 0 Å². The molecule has 0 bridgehead atoms. The Morgan fingerprint density at radius 3 is 2.75 bits per heavy atom. The van der Waals surface area contributed by atoms with Crippen molar-refractivity contribution in [3.05, 3.63) is 55.2 Å². The number of imidazole rings is 1. The van der Waals surface area contributed by atoms with Crippen molar-refractivity contribution in [2.24, 2.45) is 7.05 Å². The fourth-order valence-corrected chi connectivity index (χ4v) is 3.27. The maximum absolute atomic E-state index is 13.1. The molecule has 0 saturated heterocycles. The summed E-state index contributed by atoms with van der Waals surface area (Å²) in [7, 11) is 2.77. The number of carbonyl (C=O) groups excluding carboxylic acids is 1. The van der Waals surface area contributed by atoms with Crippen molar-refractivity contribution in [1.82, 2.24) is 23.7 Å². The first-order valence-corrected chi connectivity index (χ1v) is 8.97. The van der Waals surface area contributed by atoms with Gasteiger partial charge in [-0.05, 0) is 35.0 Å². The number of methoxy groups -OCH3 is 1. The zero-order chi connectivity index (χ0) is 20.4. The van der Waals surface area contributed by atoms with E-state index in [2.05, 4.69) is 37.7 Å². The van der Waals surface area contributed by atoms with Crippen LogP contribution < -0.4 is 11.2 Å². The molecule has 0 aromatic carbocycles. The Hall–Kier alpha value is -3.19. The van der Waals surface area contributed by atoms with Crippen molar-refractivity contribution in [2.75, 3.05) is 7.11 Å². The molecule has 3 heterocycles. The first kappa shape index (κ1) is 19.6. The molecule has 0 radical (unpaired) electrons. The number of aromatic nitrogens is 5. The number of pyridine rings is 1. The smallest absolute Gasteiger partial charge is 0.339 e. The second-order valence-corrected chi connectivity index (χ2v) is 6.50. The molecule has 10 heteroatoms. The SMILES string of the molecule is CC#CCn1c(Br)nc2c1c(=O)n(Cc1ncccc1C(=O)OC)c(=O)n2C. The van der Waals surface area contributed by atoms with Gasteiger partial charge in [0, 0.05) is 13.2 Å². The summed E-state index contributed by atoms with van der Waals surface area (Å²) in [6.45, 7) is 1.74. The molecular weight excluding hydrogens is 430 g/mol. The van der Waals surface area contributed by atoms with E-state index in [0.717, 1.165) is 4.57 Å². The normalized spacial score (nSPS) is 10.6. The molecule has 0 aliphatic heterocycles. The van der Waals surface area contributed by atoms with Gasteiger partial charge in [-0.25, -0.2) is 14.6 Å². The maximum Gasteiger partial charge on any atom is 0.339 e. The number of hydrogen-bond acceptors (Lipinski definition) is 6. The quantitative estimate of drug-likeness (QED) is 0.336. The van der Waals surface area contributed by atoms with Crippen LogP contribution in [0.5, 0.6) is 0 Å². The number of aryl methyl sites for hydroxylation is 1. The molecule has 0 saturated carbocycles. The molecule has 0 amide bonds. The third kappa shape index (κ3) is 3.25. The second kappa shape index (κ2) is 7.82. The number of ether oxygens (including phenoxy) is 1. The third-order valence-electron chi connectivity index (χ3n) is 4.20. The van der Waals surface area contributed by atoms with Gasteiger partial charge >= 0.3 is 11.7 Å². The van der Waals surface area contributed by atoms with Gasteiger partial charge in [0.2, 0.25) is 0 Å².